The molecular formula is C10H13FN2O. The zero-order valence-corrected chi connectivity index (χ0v) is 8.20. The molecule has 0 aliphatic rings. The van der Waals surface area contributed by atoms with Crippen LogP contribution in [0.15, 0.2) is 18.3 Å². The normalized spacial score (nSPS) is 14.9. The Morgan fingerprint density at radius 3 is 2.57 bits per heavy atom. The fourth-order valence-electron chi connectivity index (χ4n) is 0.994. The Bertz CT molecular complexity index is 321. The highest BCUT2D eigenvalue weighted by molar-refractivity contribution is 5.96. The molecule has 0 saturated carbocycles. The third-order valence-electron chi connectivity index (χ3n) is 2.18. The molecule has 1 aromatic rings. The lowest BCUT2D eigenvalue weighted by molar-refractivity contribution is 0.0912. The monoisotopic (exact) mass is 196 g/mol. The first-order valence-electron chi connectivity index (χ1n) is 4.43. The van der Waals surface area contributed by atoms with Crippen LogP contribution >= 0.6 is 0 Å². The number of nitrogens with two attached hydrogens (primary N) is 1. The number of nitrogens with zero attached hydrogens (tertiary/aromatic N) is 1. The summed E-state index contributed by atoms with van der Waals surface area (Å²) in [6, 6.07) is 2.36. The van der Waals surface area contributed by atoms with Gasteiger partial charge in [0.2, 0.25) is 0 Å². The maximum absolute atomic E-state index is 12.5. The summed E-state index contributed by atoms with van der Waals surface area (Å²) in [5, 5.41) is 0. The van der Waals surface area contributed by atoms with E-state index in [9.17, 15) is 9.18 Å². The van der Waals surface area contributed by atoms with Crippen LogP contribution in [0.25, 0.3) is 0 Å². The minimum absolute atomic E-state index is 0.153. The first-order chi connectivity index (χ1) is 6.52. The number of pyridine rings is 1. The summed E-state index contributed by atoms with van der Waals surface area (Å²) in [5.41, 5.74) is 5.84. The predicted octanol–water partition coefficient (Wildman–Crippen LogP) is 1.39. The quantitative estimate of drug-likeness (QED) is 0.743. The van der Waals surface area contributed by atoms with Crippen molar-refractivity contribution < 1.29 is 9.18 Å². The highest BCUT2D eigenvalue weighted by atomic mass is 19.1. The molecule has 1 heterocycles. The van der Waals surface area contributed by atoms with E-state index >= 15 is 0 Å². The summed E-state index contributed by atoms with van der Waals surface area (Å²) in [7, 11) is 0. The summed E-state index contributed by atoms with van der Waals surface area (Å²) < 4.78 is 12.5. The van der Waals surface area contributed by atoms with E-state index in [1.54, 1.807) is 13.8 Å². The van der Waals surface area contributed by atoms with Gasteiger partial charge in [0, 0.05) is 12.0 Å². The molecule has 0 fully saturated rings. The molecule has 0 amide bonds. The van der Waals surface area contributed by atoms with Gasteiger partial charge >= 0.3 is 0 Å². The first kappa shape index (κ1) is 10.8. The second-order valence-electron chi connectivity index (χ2n) is 3.37. The van der Waals surface area contributed by atoms with Crippen LogP contribution < -0.4 is 5.73 Å². The van der Waals surface area contributed by atoms with E-state index in [0.717, 1.165) is 6.20 Å². The Kier molecular flexibility index (Phi) is 3.30. The fourth-order valence-corrected chi connectivity index (χ4v) is 0.994. The number of carbonyl (C=O) groups is 1. The van der Waals surface area contributed by atoms with Crippen molar-refractivity contribution in [1.82, 2.24) is 4.98 Å². The summed E-state index contributed by atoms with van der Waals surface area (Å²) in [6.45, 7) is 3.49. The van der Waals surface area contributed by atoms with Crippen LogP contribution in [0, 0.1) is 11.7 Å². The molecule has 0 radical (unpaired) electrons. The smallest absolute Gasteiger partial charge is 0.185 e. The minimum Gasteiger partial charge on any atom is -0.327 e. The van der Waals surface area contributed by atoms with Crippen LogP contribution in [-0.2, 0) is 0 Å². The third-order valence-corrected chi connectivity index (χ3v) is 2.18. The van der Waals surface area contributed by atoms with Gasteiger partial charge in [0.15, 0.2) is 5.78 Å². The molecule has 2 N–H and O–H groups in total. The van der Waals surface area contributed by atoms with E-state index in [-0.39, 0.29) is 23.4 Å². The van der Waals surface area contributed by atoms with Crippen molar-refractivity contribution in [3.05, 3.63) is 29.8 Å². The number of carbonyl (C=O) groups excluding carboxylic acids is 1. The second-order valence-corrected chi connectivity index (χ2v) is 3.37. The Hall–Kier alpha value is -1.29. The zero-order chi connectivity index (χ0) is 10.7. The number of ketones is 1. The van der Waals surface area contributed by atoms with Crippen LogP contribution in [0.3, 0.4) is 0 Å². The average Bonchev–Trinajstić information content (AvgIpc) is 2.16. The molecule has 0 saturated heterocycles. The van der Waals surface area contributed by atoms with E-state index in [2.05, 4.69) is 4.98 Å². The summed E-state index contributed by atoms with van der Waals surface area (Å²) in [6.07, 6.45) is 1.03. The van der Waals surface area contributed by atoms with Gasteiger partial charge in [-0.2, -0.15) is 0 Å². The molecule has 1 rings (SSSR count). The largest absolute Gasteiger partial charge is 0.327 e. The first-order valence-corrected chi connectivity index (χ1v) is 4.43. The number of halogens is 1. The van der Waals surface area contributed by atoms with Crippen molar-refractivity contribution in [2.45, 2.75) is 19.9 Å². The van der Waals surface area contributed by atoms with E-state index in [1.807, 2.05) is 0 Å². The number of hydrogen-bond donors (Lipinski definition) is 1. The topological polar surface area (TPSA) is 56.0 Å². The molecule has 0 bridgehead atoms. The predicted molar refractivity (Wildman–Crippen MR) is 51.3 cm³/mol. The van der Waals surface area contributed by atoms with E-state index in [1.165, 1.54) is 12.1 Å². The van der Waals surface area contributed by atoms with Crippen molar-refractivity contribution >= 4 is 5.78 Å². The molecule has 1 aromatic heterocycles. The lowest BCUT2D eigenvalue weighted by Gasteiger charge is -2.13. The third kappa shape index (κ3) is 2.35. The van der Waals surface area contributed by atoms with Crippen LogP contribution in [0.5, 0.6) is 0 Å². The lowest BCUT2D eigenvalue weighted by atomic mass is 9.97. The molecule has 0 aliphatic carbocycles. The van der Waals surface area contributed by atoms with Gasteiger partial charge in [-0.25, -0.2) is 4.39 Å². The van der Waals surface area contributed by atoms with Crippen molar-refractivity contribution in [3.63, 3.8) is 0 Å². The lowest BCUT2D eigenvalue weighted by Crippen LogP contribution is -2.31. The Balaban J connectivity index is 2.84. The molecule has 3 nitrogen and oxygen atoms in total. The van der Waals surface area contributed by atoms with E-state index < -0.39 is 5.82 Å². The maximum Gasteiger partial charge on any atom is 0.185 e. The van der Waals surface area contributed by atoms with E-state index in [4.69, 9.17) is 5.73 Å². The number of aromatic nitrogens is 1. The van der Waals surface area contributed by atoms with Gasteiger partial charge in [0.25, 0.3) is 0 Å². The van der Waals surface area contributed by atoms with Crippen molar-refractivity contribution in [3.8, 4) is 0 Å². The van der Waals surface area contributed by atoms with Crippen molar-refractivity contribution in [1.29, 1.82) is 0 Å². The Morgan fingerprint density at radius 1 is 1.50 bits per heavy atom. The van der Waals surface area contributed by atoms with Crippen LogP contribution in [-0.4, -0.2) is 16.8 Å². The Morgan fingerprint density at radius 2 is 2.14 bits per heavy atom. The minimum atomic E-state index is -0.449. The van der Waals surface area contributed by atoms with Gasteiger partial charge in [-0.05, 0) is 19.1 Å². The van der Waals surface area contributed by atoms with Crippen molar-refractivity contribution in [2.24, 2.45) is 11.7 Å². The van der Waals surface area contributed by atoms with Gasteiger partial charge < -0.3 is 5.73 Å². The molecule has 2 atom stereocenters. The molecule has 2 unspecified atom stereocenters. The van der Waals surface area contributed by atoms with Crippen molar-refractivity contribution in [2.75, 3.05) is 0 Å². The standard InChI is InChI=1S/C10H13FN2O/c1-6(7(2)12)10(14)9-4-3-8(11)5-13-9/h3-7H,12H2,1-2H3. The average molecular weight is 196 g/mol. The molecule has 76 valence electrons. The zero-order valence-electron chi connectivity index (χ0n) is 8.20. The SMILES string of the molecule is CC(N)C(C)C(=O)c1ccc(F)cn1. The molecule has 14 heavy (non-hydrogen) atoms. The maximum atomic E-state index is 12.5. The molecular weight excluding hydrogens is 183 g/mol. The number of Topliss-reactive ketones (excluding diaryl/α,β-unsaturated/α-hetero) is 1. The van der Waals surface area contributed by atoms with Gasteiger partial charge in [0.1, 0.15) is 11.5 Å². The highest BCUT2D eigenvalue weighted by Gasteiger charge is 2.19. The number of rotatable bonds is 3. The van der Waals surface area contributed by atoms with Crippen LogP contribution in [0.1, 0.15) is 24.3 Å². The Labute approximate surface area is 82.1 Å². The fraction of sp³-hybridized carbons (Fsp3) is 0.400. The van der Waals surface area contributed by atoms with Gasteiger partial charge in [-0.3, -0.25) is 9.78 Å². The molecule has 0 aliphatic heterocycles. The molecule has 4 heteroatoms. The molecule has 0 spiro atoms. The van der Waals surface area contributed by atoms with Gasteiger partial charge in [0.05, 0.1) is 6.20 Å². The highest BCUT2D eigenvalue weighted by Crippen LogP contribution is 2.09. The van der Waals surface area contributed by atoms with Crippen LogP contribution in [0.4, 0.5) is 4.39 Å². The van der Waals surface area contributed by atoms with Crippen LogP contribution in [0.2, 0.25) is 0 Å². The summed E-state index contributed by atoms with van der Waals surface area (Å²) >= 11 is 0. The van der Waals surface area contributed by atoms with E-state index in [0.29, 0.717) is 0 Å². The number of hydrogen-bond acceptors (Lipinski definition) is 3. The van der Waals surface area contributed by atoms with Gasteiger partial charge in [-0.15, -0.1) is 0 Å². The van der Waals surface area contributed by atoms with Gasteiger partial charge in [-0.1, -0.05) is 6.92 Å². The second kappa shape index (κ2) is 4.28. The molecule has 0 aromatic carbocycles. The summed E-state index contributed by atoms with van der Waals surface area (Å²) in [4.78, 5) is 15.3. The summed E-state index contributed by atoms with van der Waals surface area (Å²) in [5.74, 6) is -0.900.